The van der Waals surface area contributed by atoms with Gasteiger partial charge in [-0.1, -0.05) is 18.2 Å². The number of fused-ring (bicyclic) bond motifs is 1. The third kappa shape index (κ3) is 5.96. The Labute approximate surface area is 257 Å². The summed E-state index contributed by atoms with van der Waals surface area (Å²) in [7, 11) is 5.67. The molecule has 6 rings (SSSR count). The average Bonchev–Trinajstić information content (AvgIpc) is 3.04. The van der Waals surface area contributed by atoms with E-state index in [1.54, 1.807) is 24.2 Å². The topological polar surface area (TPSA) is 103 Å². The average molecular weight is 595 g/mol. The summed E-state index contributed by atoms with van der Waals surface area (Å²) in [4.78, 5) is 37.5. The Morgan fingerprint density at radius 3 is 2.55 bits per heavy atom. The molecule has 0 atom stereocenters. The number of benzene rings is 2. The lowest BCUT2D eigenvalue weighted by Crippen LogP contribution is -2.38. The van der Waals surface area contributed by atoms with Crippen LogP contribution < -0.4 is 20.7 Å². The summed E-state index contributed by atoms with van der Waals surface area (Å²) in [5, 5.41) is 13.8. The number of nitrogens with one attached hydrogen (secondary N) is 1. The van der Waals surface area contributed by atoms with Gasteiger partial charge in [0.15, 0.2) is 0 Å². The monoisotopic (exact) mass is 594 g/mol. The Hall–Kier alpha value is -4.51. The van der Waals surface area contributed by atoms with Gasteiger partial charge in [0.2, 0.25) is 0 Å². The van der Waals surface area contributed by atoms with E-state index in [9.17, 15) is 14.7 Å². The third-order valence-corrected chi connectivity index (χ3v) is 8.38. The zero-order valence-electron chi connectivity index (χ0n) is 25.4. The minimum absolute atomic E-state index is 0.0886. The fraction of sp³-hybridized carbons (Fsp3) is 0.324. The number of aromatic nitrogens is 2. The summed E-state index contributed by atoms with van der Waals surface area (Å²) in [5.41, 5.74) is 6.80. The zero-order valence-corrected chi connectivity index (χ0v) is 25.4. The van der Waals surface area contributed by atoms with E-state index in [-0.39, 0.29) is 18.1 Å². The predicted octanol–water partition coefficient (Wildman–Crippen LogP) is 3.78. The van der Waals surface area contributed by atoms with E-state index in [4.69, 9.17) is 4.74 Å². The third-order valence-electron chi connectivity index (χ3n) is 8.38. The summed E-state index contributed by atoms with van der Waals surface area (Å²) in [6.45, 7) is 4.33. The second kappa shape index (κ2) is 12.6. The molecule has 2 N–H and O–H groups in total. The van der Waals surface area contributed by atoms with Gasteiger partial charge in [0, 0.05) is 82.1 Å². The molecule has 1 saturated heterocycles. The molecular formula is C34H38N6O4. The number of morpholine rings is 1. The fourth-order valence-corrected chi connectivity index (χ4v) is 5.94. The van der Waals surface area contributed by atoms with Crippen molar-refractivity contribution in [2.45, 2.75) is 19.6 Å². The molecule has 2 aromatic carbocycles. The van der Waals surface area contributed by atoms with Gasteiger partial charge < -0.3 is 29.5 Å². The van der Waals surface area contributed by atoms with Gasteiger partial charge in [-0.3, -0.25) is 14.5 Å². The van der Waals surface area contributed by atoms with Crippen LogP contribution in [-0.4, -0.2) is 72.4 Å². The summed E-state index contributed by atoms with van der Waals surface area (Å²) in [5.74, 6) is 0.477. The SMILES string of the molecule is CN(C)c1ccc2c(c1)CCN(c1cccc(-c3cc(Nc4ccc(CN5CCOCC5)cn4)c(=O)n(C)c3)c1CO)C2=O. The van der Waals surface area contributed by atoms with Crippen molar-refractivity contribution in [2.24, 2.45) is 7.05 Å². The van der Waals surface area contributed by atoms with Gasteiger partial charge in [-0.15, -0.1) is 0 Å². The molecule has 44 heavy (non-hydrogen) atoms. The number of pyridine rings is 2. The van der Waals surface area contributed by atoms with Crippen LogP contribution in [0.4, 0.5) is 22.9 Å². The molecule has 0 bridgehead atoms. The summed E-state index contributed by atoms with van der Waals surface area (Å²) in [6.07, 6.45) is 4.29. The van der Waals surface area contributed by atoms with E-state index < -0.39 is 0 Å². The Morgan fingerprint density at radius 1 is 1.00 bits per heavy atom. The van der Waals surface area contributed by atoms with Crippen molar-refractivity contribution in [1.82, 2.24) is 14.5 Å². The molecule has 0 spiro atoms. The van der Waals surface area contributed by atoms with Crippen molar-refractivity contribution >= 4 is 28.8 Å². The lowest BCUT2D eigenvalue weighted by Gasteiger charge is -2.31. The standard InChI is InChI=1S/C34H38N6O4/c1-37(2)26-8-9-28-24(17-26)11-12-40(33(28)42)31-6-4-5-27(29(31)22-41)25-18-30(34(43)38(3)21-25)36-32-10-7-23(19-35-32)20-39-13-15-44-16-14-39/h4-10,17-19,21,41H,11-16,20,22H2,1-3H3,(H,35,36). The first-order chi connectivity index (χ1) is 21.3. The number of anilines is 4. The first kappa shape index (κ1) is 29.6. The number of rotatable bonds is 8. The molecule has 4 heterocycles. The number of amides is 1. The summed E-state index contributed by atoms with van der Waals surface area (Å²) < 4.78 is 6.95. The van der Waals surface area contributed by atoms with Crippen LogP contribution in [-0.2, 0) is 31.4 Å². The Bertz CT molecular complexity index is 1730. The van der Waals surface area contributed by atoms with Crippen molar-refractivity contribution in [3.8, 4) is 11.1 Å². The van der Waals surface area contributed by atoms with Crippen LogP contribution in [0.3, 0.4) is 0 Å². The van der Waals surface area contributed by atoms with Gasteiger partial charge >= 0.3 is 0 Å². The lowest BCUT2D eigenvalue weighted by molar-refractivity contribution is 0.0341. The van der Waals surface area contributed by atoms with Crippen LogP contribution in [0.5, 0.6) is 0 Å². The molecule has 10 heteroatoms. The molecular weight excluding hydrogens is 556 g/mol. The quantitative estimate of drug-likeness (QED) is 0.318. The Kier molecular flexibility index (Phi) is 8.47. The molecule has 0 saturated carbocycles. The zero-order chi connectivity index (χ0) is 30.8. The van der Waals surface area contributed by atoms with Crippen molar-refractivity contribution in [3.63, 3.8) is 0 Å². The number of aliphatic hydroxyl groups is 1. The van der Waals surface area contributed by atoms with Gasteiger partial charge in [0.1, 0.15) is 11.5 Å². The second-order valence-corrected chi connectivity index (χ2v) is 11.5. The second-order valence-electron chi connectivity index (χ2n) is 11.5. The molecule has 2 aromatic heterocycles. The van der Waals surface area contributed by atoms with Gasteiger partial charge in [-0.05, 0) is 59.5 Å². The Balaban J connectivity index is 1.27. The highest BCUT2D eigenvalue weighted by Gasteiger charge is 2.28. The molecule has 4 aromatic rings. The van der Waals surface area contributed by atoms with E-state index in [0.29, 0.717) is 41.3 Å². The lowest BCUT2D eigenvalue weighted by atomic mass is 9.94. The van der Waals surface area contributed by atoms with E-state index in [2.05, 4.69) is 21.3 Å². The van der Waals surface area contributed by atoms with Crippen LogP contribution in [0.25, 0.3) is 11.1 Å². The fourth-order valence-electron chi connectivity index (χ4n) is 5.94. The van der Waals surface area contributed by atoms with Crippen LogP contribution in [0.2, 0.25) is 0 Å². The van der Waals surface area contributed by atoms with Crippen molar-refractivity contribution in [3.05, 3.63) is 99.6 Å². The molecule has 2 aliphatic rings. The highest BCUT2D eigenvalue weighted by molar-refractivity contribution is 6.09. The number of hydrogen-bond acceptors (Lipinski definition) is 8. The minimum atomic E-state index is -0.264. The molecule has 1 fully saturated rings. The van der Waals surface area contributed by atoms with Crippen LogP contribution in [0, 0.1) is 0 Å². The number of ether oxygens (including phenoxy) is 1. The number of aliphatic hydroxyl groups excluding tert-OH is 1. The van der Waals surface area contributed by atoms with Crippen LogP contribution >= 0.6 is 0 Å². The molecule has 228 valence electrons. The number of nitrogens with zero attached hydrogens (tertiary/aromatic N) is 5. The van der Waals surface area contributed by atoms with Crippen molar-refractivity contribution in [1.29, 1.82) is 0 Å². The first-order valence-electron chi connectivity index (χ1n) is 14.9. The highest BCUT2D eigenvalue weighted by Crippen LogP contribution is 2.35. The van der Waals surface area contributed by atoms with E-state index in [1.165, 1.54) is 4.57 Å². The minimum Gasteiger partial charge on any atom is -0.392 e. The largest absolute Gasteiger partial charge is 0.392 e. The number of carbonyl (C=O) groups excluding carboxylic acids is 1. The number of aryl methyl sites for hydroxylation is 1. The first-order valence-corrected chi connectivity index (χ1v) is 14.9. The smallest absolute Gasteiger partial charge is 0.274 e. The van der Waals surface area contributed by atoms with E-state index in [0.717, 1.165) is 60.8 Å². The van der Waals surface area contributed by atoms with Crippen molar-refractivity contribution in [2.75, 3.05) is 62.1 Å². The number of carbonyl (C=O) groups is 1. The van der Waals surface area contributed by atoms with Crippen LogP contribution in [0.1, 0.15) is 27.0 Å². The van der Waals surface area contributed by atoms with Gasteiger partial charge in [0.25, 0.3) is 11.5 Å². The molecule has 1 amide bonds. The summed E-state index contributed by atoms with van der Waals surface area (Å²) >= 11 is 0. The maximum atomic E-state index is 13.7. The van der Waals surface area contributed by atoms with Crippen molar-refractivity contribution < 1.29 is 14.6 Å². The summed E-state index contributed by atoms with van der Waals surface area (Å²) in [6, 6.07) is 17.2. The molecule has 2 aliphatic heterocycles. The van der Waals surface area contributed by atoms with E-state index in [1.807, 2.05) is 67.7 Å². The molecule has 10 nitrogen and oxygen atoms in total. The molecule has 0 radical (unpaired) electrons. The van der Waals surface area contributed by atoms with Crippen LogP contribution in [0.15, 0.2) is 71.8 Å². The highest BCUT2D eigenvalue weighted by atomic mass is 16.5. The molecule has 0 aliphatic carbocycles. The maximum absolute atomic E-state index is 13.7. The van der Waals surface area contributed by atoms with E-state index >= 15 is 0 Å². The normalized spacial score (nSPS) is 15.3. The predicted molar refractivity (Wildman–Crippen MR) is 173 cm³/mol. The van der Waals surface area contributed by atoms with Gasteiger partial charge in [0.05, 0.1) is 25.5 Å². The Morgan fingerprint density at radius 2 is 1.82 bits per heavy atom. The number of hydrogen-bond donors (Lipinski definition) is 2. The van der Waals surface area contributed by atoms with Gasteiger partial charge in [-0.2, -0.15) is 0 Å². The van der Waals surface area contributed by atoms with Gasteiger partial charge in [-0.25, -0.2) is 4.98 Å². The maximum Gasteiger partial charge on any atom is 0.274 e. The molecule has 0 unspecified atom stereocenters.